The maximum Gasteiger partial charge on any atom is 0.253 e. The number of piperidine rings is 1. The fourth-order valence-corrected chi connectivity index (χ4v) is 5.54. The zero-order chi connectivity index (χ0) is 25.8. The SMILES string of the molecule is C[C@H](NC(=O)C1(c2ccccc2)CCN(C(=O)c2ccc(N3CCCC3=O)cc2)CC1)c1ccccc1. The molecule has 2 heterocycles. The molecule has 0 bridgehead atoms. The van der Waals surface area contributed by atoms with Gasteiger partial charge in [0, 0.05) is 37.3 Å². The maximum atomic E-state index is 13.8. The van der Waals surface area contributed by atoms with E-state index in [1.54, 1.807) is 17.0 Å². The second-order valence-electron chi connectivity index (χ2n) is 10.0. The smallest absolute Gasteiger partial charge is 0.253 e. The Morgan fingerprint density at radius 1 is 0.838 bits per heavy atom. The highest BCUT2D eigenvalue weighted by Gasteiger charge is 2.44. The van der Waals surface area contributed by atoms with Gasteiger partial charge in [0.15, 0.2) is 0 Å². The number of nitrogens with zero attached hydrogens (tertiary/aromatic N) is 2. The van der Waals surface area contributed by atoms with Gasteiger partial charge in [0.05, 0.1) is 11.5 Å². The molecule has 5 rings (SSSR count). The molecule has 1 atom stereocenters. The van der Waals surface area contributed by atoms with Crippen LogP contribution in [0.15, 0.2) is 84.9 Å². The van der Waals surface area contributed by atoms with E-state index in [4.69, 9.17) is 0 Å². The lowest BCUT2D eigenvalue weighted by molar-refractivity contribution is -0.129. The van der Waals surface area contributed by atoms with Crippen LogP contribution in [0.3, 0.4) is 0 Å². The molecule has 6 heteroatoms. The number of nitrogens with one attached hydrogen (secondary N) is 1. The summed E-state index contributed by atoms with van der Waals surface area (Å²) in [5.74, 6) is 0.0908. The minimum absolute atomic E-state index is 0.00165. The topological polar surface area (TPSA) is 69.7 Å². The number of amides is 3. The molecule has 6 nitrogen and oxygen atoms in total. The van der Waals surface area contributed by atoms with Gasteiger partial charge in [-0.3, -0.25) is 14.4 Å². The van der Waals surface area contributed by atoms with Crippen LogP contribution in [0.25, 0.3) is 0 Å². The monoisotopic (exact) mass is 495 g/mol. The molecular formula is C31H33N3O3. The lowest BCUT2D eigenvalue weighted by atomic mass is 9.71. The number of rotatable bonds is 6. The average Bonchev–Trinajstić information content (AvgIpc) is 3.39. The minimum atomic E-state index is -0.693. The Morgan fingerprint density at radius 3 is 2.05 bits per heavy atom. The number of carbonyl (C=O) groups is 3. The van der Waals surface area contributed by atoms with Crippen molar-refractivity contribution in [2.24, 2.45) is 0 Å². The van der Waals surface area contributed by atoms with Crippen molar-refractivity contribution in [1.82, 2.24) is 10.2 Å². The molecule has 0 aromatic heterocycles. The van der Waals surface area contributed by atoms with Gasteiger partial charge in [0.2, 0.25) is 11.8 Å². The fourth-order valence-electron chi connectivity index (χ4n) is 5.54. The molecule has 37 heavy (non-hydrogen) atoms. The summed E-state index contributed by atoms with van der Waals surface area (Å²) in [4.78, 5) is 42.8. The lowest BCUT2D eigenvalue weighted by Crippen LogP contribution is -2.53. The molecule has 0 spiro atoms. The second kappa shape index (κ2) is 10.6. The van der Waals surface area contributed by atoms with E-state index >= 15 is 0 Å². The van der Waals surface area contributed by atoms with Gasteiger partial charge >= 0.3 is 0 Å². The molecule has 2 aliphatic heterocycles. The molecular weight excluding hydrogens is 462 g/mol. The Hall–Kier alpha value is -3.93. The number of hydrogen-bond acceptors (Lipinski definition) is 3. The van der Waals surface area contributed by atoms with E-state index in [1.807, 2.05) is 84.6 Å². The van der Waals surface area contributed by atoms with Crippen LogP contribution in [0, 0.1) is 0 Å². The molecule has 0 saturated carbocycles. The zero-order valence-electron chi connectivity index (χ0n) is 21.2. The first-order chi connectivity index (χ1) is 18.0. The molecule has 1 N–H and O–H groups in total. The zero-order valence-corrected chi connectivity index (χ0v) is 21.2. The van der Waals surface area contributed by atoms with Crippen LogP contribution >= 0.6 is 0 Å². The summed E-state index contributed by atoms with van der Waals surface area (Å²) < 4.78 is 0. The third kappa shape index (κ3) is 5.01. The summed E-state index contributed by atoms with van der Waals surface area (Å²) in [5, 5.41) is 3.24. The quantitative estimate of drug-likeness (QED) is 0.531. The molecule has 2 aliphatic rings. The molecule has 2 saturated heterocycles. The molecule has 190 valence electrons. The highest BCUT2D eigenvalue weighted by molar-refractivity contribution is 5.98. The largest absolute Gasteiger partial charge is 0.349 e. The highest BCUT2D eigenvalue weighted by atomic mass is 16.2. The van der Waals surface area contributed by atoms with Crippen molar-refractivity contribution in [3.63, 3.8) is 0 Å². The maximum absolute atomic E-state index is 13.8. The third-order valence-electron chi connectivity index (χ3n) is 7.81. The minimum Gasteiger partial charge on any atom is -0.349 e. The van der Waals surface area contributed by atoms with Gasteiger partial charge in [-0.2, -0.15) is 0 Å². The normalized spacial score (nSPS) is 17.9. The van der Waals surface area contributed by atoms with Gasteiger partial charge in [0.25, 0.3) is 5.91 Å². The molecule has 3 amide bonds. The summed E-state index contributed by atoms with van der Waals surface area (Å²) in [6.07, 6.45) is 2.55. The van der Waals surface area contributed by atoms with E-state index < -0.39 is 5.41 Å². The first-order valence-corrected chi connectivity index (χ1v) is 13.1. The van der Waals surface area contributed by atoms with Crippen molar-refractivity contribution in [3.8, 4) is 0 Å². The fraction of sp³-hybridized carbons (Fsp3) is 0.323. The van der Waals surface area contributed by atoms with Crippen molar-refractivity contribution in [2.45, 2.75) is 44.1 Å². The van der Waals surface area contributed by atoms with Gasteiger partial charge in [-0.15, -0.1) is 0 Å². The van der Waals surface area contributed by atoms with Crippen LogP contribution in [0.2, 0.25) is 0 Å². The Labute approximate surface area is 218 Å². The number of carbonyl (C=O) groups excluding carboxylic acids is 3. The van der Waals surface area contributed by atoms with E-state index in [-0.39, 0.29) is 23.8 Å². The van der Waals surface area contributed by atoms with Crippen LogP contribution in [0.1, 0.15) is 60.1 Å². The molecule has 0 radical (unpaired) electrons. The van der Waals surface area contributed by atoms with E-state index in [0.717, 1.165) is 29.8 Å². The van der Waals surface area contributed by atoms with Crippen molar-refractivity contribution in [1.29, 1.82) is 0 Å². The predicted octanol–water partition coefficient (Wildman–Crippen LogP) is 4.86. The Kier molecular flexibility index (Phi) is 7.08. The van der Waals surface area contributed by atoms with Gasteiger partial charge in [-0.1, -0.05) is 60.7 Å². The Balaban J connectivity index is 1.30. The Morgan fingerprint density at radius 2 is 1.46 bits per heavy atom. The van der Waals surface area contributed by atoms with Crippen molar-refractivity contribution in [2.75, 3.05) is 24.5 Å². The van der Waals surface area contributed by atoms with Crippen molar-refractivity contribution in [3.05, 3.63) is 102 Å². The number of hydrogen-bond donors (Lipinski definition) is 1. The molecule has 2 fully saturated rings. The predicted molar refractivity (Wildman–Crippen MR) is 144 cm³/mol. The molecule has 0 unspecified atom stereocenters. The van der Waals surface area contributed by atoms with Crippen LogP contribution in [-0.4, -0.2) is 42.3 Å². The van der Waals surface area contributed by atoms with Crippen molar-refractivity contribution < 1.29 is 14.4 Å². The van der Waals surface area contributed by atoms with Crippen molar-refractivity contribution >= 4 is 23.4 Å². The summed E-state index contributed by atoms with van der Waals surface area (Å²) >= 11 is 0. The summed E-state index contributed by atoms with van der Waals surface area (Å²) in [6.45, 7) is 3.72. The van der Waals surface area contributed by atoms with Gasteiger partial charge < -0.3 is 15.1 Å². The van der Waals surface area contributed by atoms with Crippen LogP contribution in [0.5, 0.6) is 0 Å². The number of anilines is 1. The summed E-state index contributed by atoms with van der Waals surface area (Å²) in [7, 11) is 0. The Bertz CT molecular complexity index is 1250. The lowest BCUT2D eigenvalue weighted by Gasteiger charge is -2.41. The van der Waals surface area contributed by atoms with E-state index in [0.29, 0.717) is 37.9 Å². The highest BCUT2D eigenvalue weighted by Crippen LogP contribution is 2.37. The van der Waals surface area contributed by atoms with Gasteiger partial charge in [-0.25, -0.2) is 0 Å². The number of benzene rings is 3. The van der Waals surface area contributed by atoms with Gasteiger partial charge in [-0.05, 0) is 61.6 Å². The summed E-state index contributed by atoms with van der Waals surface area (Å²) in [6, 6.07) is 27.1. The van der Waals surface area contributed by atoms with Gasteiger partial charge in [0.1, 0.15) is 0 Å². The standard InChI is InChI=1S/C31H33N3O3/c1-23(24-9-4-2-5-10-24)32-30(37)31(26-11-6-3-7-12-26)18-21-33(22-19-31)29(36)25-14-16-27(17-15-25)34-20-8-13-28(34)35/h2-7,9-12,14-17,23H,8,13,18-22H2,1H3,(H,32,37)/t23-/m0/s1. The van der Waals surface area contributed by atoms with E-state index in [1.165, 1.54) is 0 Å². The number of likely N-dealkylation sites (tertiary alicyclic amines) is 1. The van der Waals surface area contributed by atoms with Crippen LogP contribution in [0.4, 0.5) is 5.69 Å². The van der Waals surface area contributed by atoms with E-state index in [9.17, 15) is 14.4 Å². The third-order valence-corrected chi connectivity index (χ3v) is 7.81. The molecule has 3 aromatic carbocycles. The first kappa shape index (κ1) is 24.8. The summed E-state index contributed by atoms with van der Waals surface area (Å²) in [5.41, 5.74) is 2.79. The first-order valence-electron chi connectivity index (χ1n) is 13.1. The second-order valence-corrected chi connectivity index (χ2v) is 10.0. The average molecular weight is 496 g/mol. The molecule has 3 aromatic rings. The van der Waals surface area contributed by atoms with E-state index in [2.05, 4.69) is 5.32 Å². The van der Waals surface area contributed by atoms with Crippen LogP contribution in [-0.2, 0) is 15.0 Å². The molecule has 0 aliphatic carbocycles. The van der Waals surface area contributed by atoms with Crippen LogP contribution < -0.4 is 10.2 Å².